The molecule has 3 aromatic rings. The highest BCUT2D eigenvalue weighted by Crippen LogP contribution is 2.51. The van der Waals surface area contributed by atoms with Gasteiger partial charge >= 0.3 is 0 Å². The quantitative estimate of drug-likeness (QED) is 0.750. The molecule has 1 aromatic heterocycles. The van der Waals surface area contributed by atoms with E-state index in [9.17, 15) is 9.18 Å². The van der Waals surface area contributed by atoms with Crippen molar-refractivity contribution in [2.75, 3.05) is 12.1 Å². The second kappa shape index (κ2) is 4.99. The molecule has 0 saturated heterocycles. The summed E-state index contributed by atoms with van der Waals surface area (Å²) >= 11 is 0. The second-order valence-electron chi connectivity index (χ2n) is 6.50. The van der Waals surface area contributed by atoms with E-state index >= 15 is 0 Å². The third-order valence-corrected chi connectivity index (χ3v) is 5.00. The van der Waals surface area contributed by atoms with E-state index in [-0.39, 0.29) is 21.2 Å². The molecule has 0 radical (unpaired) electrons. The summed E-state index contributed by atoms with van der Waals surface area (Å²) in [5.74, 6) is 0.692. The van der Waals surface area contributed by atoms with Crippen molar-refractivity contribution in [1.29, 1.82) is 0 Å². The normalized spacial score (nSPS) is 16.8. The summed E-state index contributed by atoms with van der Waals surface area (Å²) in [5.41, 5.74) is 1.21. The van der Waals surface area contributed by atoms with E-state index in [4.69, 9.17) is 9.47 Å². The smallest absolute Gasteiger partial charge is 0.235 e. The summed E-state index contributed by atoms with van der Waals surface area (Å²) in [5, 5.41) is 3.53. The second-order valence-corrected chi connectivity index (χ2v) is 6.50. The number of aromatic nitrogens is 1. The topological polar surface area (TPSA) is 63.4 Å². The summed E-state index contributed by atoms with van der Waals surface area (Å²) in [6.07, 6.45) is 3.19. The third kappa shape index (κ3) is 2.17. The van der Waals surface area contributed by atoms with Crippen molar-refractivity contribution in [2.45, 2.75) is 18.3 Å². The van der Waals surface area contributed by atoms with Crippen LogP contribution in [0.15, 0.2) is 42.6 Å². The average molecular weight is 342 g/mol. The number of H-pyrrole nitrogens is 1. The summed E-state index contributed by atoms with van der Waals surface area (Å²) in [6, 6.07) is 10.4. The summed E-state index contributed by atoms with van der Waals surface area (Å²) in [6.45, 7) is 0.194. The van der Waals surface area contributed by atoms with Crippen molar-refractivity contribution in [3.05, 3.63) is 54.0 Å². The van der Waals surface area contributed by atoms with E-state index in [1.54, 1.807) is 18.3 Å². The highest BCUT2D eigenvalue weighted by Gasteiger charge is 2.51. The van der Waals surface area contributed by atoms with Crippen LogP contribution in [0.5, 0.6) is 11.5 Å². The van der Waals surface area contributed by atoms with E-state index in [2.05, 4.69) is 10.3 Å². The van der Waals surface area contributed by atoms with Gasteiger partial charge in [0, 0.05) is 20.0 Å². The standard InChI is InChI=1S/C19H15FN2O3.2H2/c20-13-7-11-3-6-21-14(11)9-15(13)22-18(23)19(4-5-19)12-1-2-16-17(8-12)25-10-24-16;;/h1-3,6-9,21H,4-5,10H2,(H,22,23);2*1H. The van der Waals surface area contributed by atoms with Crippen LogP contribution in [-0.4, -0.2) is 17.7 Å². The number of carbonyl (C=O) groups is 1. The lowest BCUT2D eigenvalue weighted by Crippen LogP contribution is -2.28. The molecule has 0 unspecified atom stereocenters. The first-order valence-corrected chi connectivity index (χ1v) is 8.14. The van der Waals surface area contributed by atoms with Crippen molar-refractivity contribution in [2.24, 2.45) is 0 Å². The molecule has 2 N–H and O–H groups in total. The fraction of sp³-hybridized carbons (Fsp3) is 0.211. The highest BCUT2D eigenvalue weighted by molar-refractivity contribution is 6.02. The molecular weight excluding hydrogens is 323 g/mol. The first kappa shape index (κ1) is 14.3. The van der Waals surface area contributed by atoms with Gasteiger partial charge in [0.05, 0.1) is 11.1 Å². The maximum absolute atomic E-state index is 14.3. The predicted molar refractivity (Wildman–Crippen MR) is 94.6 cm³/mol. The molecule has 0 spiro atoms. The Bertz CT molecular complexity index is 1020. The number of rotatable bonds is 3. The van der Waals surface area contributed by atoms with Gasteiger partial charge in [0.2, 0.25) is 12.7 Å². The molecule has 1 aliphatic heterocycles. The fourth-order valence-electron chi connectivity index (χ4n) is 3.38. The fourth-order valence-corrected chi connectivity index (χ4v) is 3.38. The van der Waals surface area contributed by atoms with Crippen LogP contribution in [0.2, 0.25) is 0 Å². The van der Waals surface area contributed by atoms with Gasteiger partial charge in [-0.15, -0.1) is 0 Å². The Labute approximate surface area is 145 Å². The predicted octanol–water partition coefficient (Wildman–Crippen LogP) is 4.20. The Balaban J connectivity index is 0.00000105. The Morgan fingerprint density at radius 1 is 1.16 bits per heavy atom. The van der Waals surface area contributed by atoms with Crippen LogP contribution in [0.1, 0.15) is 21.3 Å². The van der Waals surface area contributed by atoms with Gasteiger partial charge in [0.1, 0.15) is 5.82 Å². The summed E-state index contributed by atoms with van der Waals surface area (Å²) in [7, 11) is 0. The Kier molecular flexibility index (Phi) is 2.86. The zero-order chi connectivity index (χ0) is 17.0. The first-order chi connectivity index (χ1) is 12.2. The number of amides is 1. The van der Waals surface area contributed by atoms with Crippen LogP contribution in [0.25, 0.3) is 10.9 Å². The maximum atomic E-state index is 14.3. The highest BCUT2D eigenvalue weighted by atomic mass is 19.1. The lowest BCUT2D eigenvalue weighted by molar-refractivity contribution is -0.118. The molecule has 2 heterocycles. The molecule has 0 atom stereocenters. The van der Waals surface area contributed by atoms with Crippen molar-refractivity contribution >= 4 is 22.5 Å². The van der Waals surface area contributed by atoms with Gasteiger partial charge in [-0.2, -0.15) is 0 Å². The molecule has 0 bridgehead atoms. The maximum Gasteiger partial charge on any atom is 0.235 e. The van der Waals surface area contributed by atoms with E-state index in [1.165, 1.54) is 6.07 Å². The number of benzene rings is 2. The van der Waals surface area contributed by atoms with Gasteiger partial charge < -0.3 is 19.8 Å². The number of anilines is 1. The Morgan fingerprint density at radius 3 is 2.84 bits per heavy atom. The number of hydrogen-bond acceptors (Lipinski definition) is 3. The molecule has 1 saturated carbocycles. The molecule has 6 heteroatoms. The minimum Gasteiger partial charge on any atom is -0.454 e. The molecule has 5 nitrogen and oxygen atoms in total. The number of fused-ring (bicyclic) bond motifs is 2. The van der Waals surface area contributed by atoms with Gasteiger partial charge in [-0.05, 0) is 48.7 Å². The number of ether oxygens (including phenoxy) is 2. The van der Waals surface area contributed by atoms with E-state index in [0.717, 1.165) is 29.3 Å². The molecule has 2 aliphatic rings. The SMILES string of the molecule is O=C(Nc1cc2[nH]ccc2cc1F)C1(c2ccc3c(c2)OCO3)CC1.[HH].[HH]. The van der Waals surface area contributed by atoms with E-state index in [1.807, 2.05) is 18.2 Å². The van der Waals surface area contributed by atoms with Gasteiger partial charge in [-0.3, -0.25) is 4.79 Å². The van der Waals surface area contributed by atoms with Crippen LogP contribution in [0.3, 0.4) is 0 Å². The minimum absolute atomic E-state index is 0. The van der Waals surface area contributed by atoms with Crippen molar-refractivity contribution in [1.82, 2.24) is 4.98 Å². The van der Waals surface area contributed by atoms with Gasteiger partial charge in [0.15, 0.2) is 11.5 Å². The molecule has 1 amide bonds. The number of carbonyl (C=O) groups excluding carboxylic acids is 1. The number of nitrogens with one attached hydrogen (secondary N) is 2. The lowest BCUT2D eigenvalue weighted by atomic mass is 9.94. The average Bonchev–Trinajstić information content (AvgIpc) is 3.08. The van der Waals surface area contributed by atoms with Crippen molar-refractivity contribution in [3.63, 3.8) is 0 Å². The first-order valence-electron chi connectivity index (χ1n) is 8.14. The van der Waals surface area contributed by atoms with Gasteiger partial charge in [-0.25, -0.2) is 4.39 Å². The largest absolute Gasteiger partial charge is 0.454 e. The van der Waals surface area contributed by atoms with Crippen molar-refractivity contribution < 1.29 is 21.5 Å². The number of halogens is 1. The lowest BCUT2D eigenvalue weighted by Gasteiger charge is -2.16. The molecule has 1 aliphatic carbocycles. The Hall–Kier alpha value is -3.02. The third-order valence-electron chi connectivity index (χ3n) is 5.00. The van der Waals surface area contributed by atoms with E-state index in [0.29, 0.717) is 11.5 Å². The van der Waals surface area contributed by atoms with Crippen LogP contribution < -0.4 is 14.8 Å². The molecular formula is C19H19FN2O3. The minimum atomic E-state index is -0.627. The Morgan fingerprint density at radius 2 is 2.00 bits per heavy atom. The zero-order valence-corrected chi connectivity index (χ0v) is 13.3. The van der Waals surface area contributed by atoms with Crippen LogP contribution in [0, 0.1) is 5.82 Å². The molecule has 25 heavy (non-hydrogen) atoms. The van der Waals surface area contributed by atoms with Crippen LogP contribution >= 0.6 is 0 Å². The van der Waals surface area contributed by atoms with Gasteiger partial charge in [0.25, 0.3) is 0 Å². The summed E-state index contributed by atoms with van der Waals surface area (Å²) < 4.78 is 25.0. The summed E-state index contributed by atoms with van der Waals surface area (Å²) in [4.78, 5) is 15.9. The van der Waals surface area contributed by atoms with Crippen LogP contribution in [0.4, 0.5) is 10.1 Å². The molecule has 1 fully saturated rings. The monoisotopic (exact) mass is 342 g/mol. The molecule has 5 rings (SSSR count). The van der Waals surface area contributed by atoms with E-state index < -0.39 is 11.2 Å². The molecule has 2 aromatic carbocycles. The van der Waals surface area contributed by atoms with Gasteiger partial charge in [-0.1, -0.05) is 6.07 Å². The van der Waals surface area contributed by atoms with Crippen LogP contribution in [-0.2, 0) is 10.2 Å². The number of aromatic amines is 1. The van der Waals surface area contributed by atoms with Crippen molar-refractivity contribution in [3.8, 4) is 11.5 Å². The number of hydrogen-bond donors (Lipinski definition) is 2. The molecule has 130 valence electrons. The zero-order valence-electron chi connectivity index (χ0n) is 13.3.